The van der Waals surface area contributed by atoms with Crippen molar-refractivity contribution in [3.63, 3.8) is 0 Å². The van der Waals surface area contributed by atoms with E-state index in [2.05, 4.69) is 14.9 Å². The van der Waals surface area contributed by atoms with Gasteiger partial charge >= 0.3 is 0 Å². The molecule has 0 atom stereocenters. The zero-order chi connectivity index (χ0) is 22.6. The molecule has 1 aliphatic heterocycles. The van der Waals surface area contributed by atoms with Gasteiger partial charge in [0.25, 0.3) is 5.91 Å². The fraction of sp³-hybridized carbons (Fsp3) is 0.192. The molecule has 1 aromatic heterocycles. The Balaban J connectivity index is 1.19. The average molecular weight is 440 g/mol. The van der Waals surface area contributed by atoms with Crippen molar-refractivity contribution in [2.75, 3.05) is 36.8 Å². The second kappa shape index (κ2) is 9.16. The summed E-state index contributed by atoms with van der Waals surface area (Å²) in [5.41, 5.74) is 8.72. The van der Waals surface area contributed by atoms with Gasteiger partial charge in [0.05, 0.1) is 5.52 Å². The molecule has 2 N–H and O–H groups in total. The van der Waals surface area contributed by atoms with Crippen LogP contribution < -0.4 is 15.4 Å². The van der Waals surface area contributed by atoms with E-state index in [1.54, 1.807) is 0 Å². The Kier molecular flexibility index (Phi) is 5.76. The van der Waals surface area contributed by atoms with Crippen LogP contribution in [0.3, 0.4) is 0 Å². The molecule has 1 amide bonds. The van der Waals surface area contributed by atoms with E-state index in [9.17, 15) is 4.79 Å². The highest BCUT2D eigenvalue weighted by Gasteiger charge is 2.24. The van der Waals surface area contributed by atoms with Gasteiger partial charge in [0.1, 0.15) is 18.2 Å². The molecule has 0 unspecified atom stereocenters. The van der Waals surface area contributed by atoms with Gasteiger partial charge in [-0.25, -0.2) is 4.98 Å². The van der Waals surface area contributed by atoms with Crippen molar-refractivity contribution >= 4 is 28.6 Å². The molecule has 3 aromatic carbocycles. The lowest BCUT2D eigenvalue weighted by Crippen LogP contribution is -2.49. The predicted octanol–water partition coefficient (Wildman–Crippen LogP) is 3.75. The Morgan fingerprint density at radius 3 is 2.30 bits per heavy atom. The van der Waals surface area contributed by atoms with Crippen LogP contribution >= 0.6 is 0 Å². The summed E-state index contributed by atoms with van der Waals surface area (Å²) in [7, 11) is 0. The summed E-state index contributed by atoms with van der Waals surface area (Å²) in [5.74, 6) is 1.84. The first-order chi connectivity index (χ1) is 16.2. The number of anilines is 2. The molecule has 0 saturated carbocycles. The van der Waals surface area contributed by atoms with Gasteiger partial charge < -0.3 is 20.3 Å². The minimum atomic E-state index is 0.0169. The summed E-state index contributed by atoms with van der Waals surface area (Å²) in [5, 5.41) is 0.853. The first-order valence-electron chi connectivity index (χ1n) is 11.0. The molecule has 33 heavy (non-hydrogen) atoms. The normalized spacial score (nSPS) is 13.8. The van der Waals surface area contributed by atoms with Gasteiger partial charge in [-0.05, 0) is 42.0 Å². The lowest BCUT2D eigenvalue weighted by molar-refractivity contribution is 0.0746. The number of piperazine rings is 1. The number of hydrogen-bond acceptors (Lipinski definition) is 6. The molecule has 0 aliphatic carbocycles. The molecule has 0 spiro atoms. The van der Waals surface area contributed by atoms with Gasteiger partial charge in [0.15, 0.2) is 0 Å². The average Bonchev–Trinajstić information content (AvgIpc) is 2.88. The van der Waals surface area contributed by atoms with Crippen molar-refractivity contribution in [1.29, 1.82) is 0 Å². The van der Waals surface area contributed by atoms with E-state index in [-0.39, 0.29) is 5.91 Å². The van der Waals surface area contributed by atoms with Crippen LogP contribution in [0.4, 0.5) is 11.8 Å². The Labute approximate surface area is 192 Å². The quantitative estimate of drug-likeness (QED) is 0.510. The van der Waals surface area contributed by atoms with Crippen LogP contribution in [-0.4, -0.2) is 47.0 Å². The molecular formula is C26H25N5O2. The van der Waals surface area contributed by atoms with Gasteiger partial charge in [0, 0.05) is 37.1 Å². The number of nitrogen functional groups attached to an aromatic ring is 1. The van der Waals surface area contributed by atoms with Gasteiger partial charge in [-0.2, -0.15) is 4.98 Å². The molecule has 7 heteroatoms. The van der Waals surface area contributed by atoms with Crippen LogP contribution in [0, 0.1) is 0 Å². The monoisotopic (exact) mass is 439 g/mol. The maximum atomic E-state index is 13.0. The molecular weight excluding hydrogens is 414 g/mol. The van der Waals surface area contributed by atoms with Crippen LogP contribution in [0.2, 0.25) is 0 Å². The van der Waals surface area contributed by atoms with Crippen LogP contribution in [0.5, 0.6) is 5.75 Å². The summed E-state index contributed by atoms with van der Waals surface area (Å²) in [6, 6.07) is 25.1. The van der Waals surface area contributed by atoms with E-state index in [1.165, 1.54) is 0 Å². The van der Waals surface area contributed by atoms with E-state index in [4.69, 9.17) is 10.5 Å². The summed E-state index contributed by atoms with van der Waals surface area (Å²) >= 11 is 0. The van der Waals surface area contributed by atoms with Crippen LogP contribution in [0.25, 0.3) is 10.9 Å². The van der Waals surface area contributed by atoms with Crippen LogP contribution in [-0.2, 0) is 6.61 Å². The number of carbonyl (C=O) groups is 1. The molecule has 4 aromatic rings. The van der Waals surface area contributed by atoms with E-state index in [1.807, 2.05) is 83.8 Å². The van der Waals surface area contributed by atoms with Crippen molar-refractivity contribution in [3.05, 3.63) is 90.0 Å². The SMILES string of the molecule is Nc1nc(N2CCN(C(=O)c3ccc(OCc4ccccc4)cc3)CC2)nc2ccccc12. The minimum absolute atomic E-state index is 0.0169. The highest BCUT2D eigenvalue weighted by molar-refractivity contribution is 5.94. The van der Waals surface area contributed by atoms with Crippen LogP contribution in [0.15, 0.2) is 78.9 Å². The Morgan fingerprint density at radius 1 is 0.848 bits per heavy atom. The fourth-order valence-corrected chi connectivity index (χ4v) is 3.96. The van der Waals surface area contributed by atoms with E-state index in [0.29, 0.717) is 50.1 Å². The van der Waals surface area contributed by atoms with Crippen molar-refractivity contribution in [1.82, 2.24) is 14.9 Å². The molecule has 5 rings (SSSR count). The second-order valence-corrected chi connectivity index (χ2v) is 8.00. The number of benzene rings is 3. The second-order valence-electron chi connectivity index (χ2n) is 8.00. The highest BCUT2D eigenvalue weighted by Crippen LogP contribution is 2.22. The topological polar surface area (TPSA) is 84.6 Å². The number of amides is 1. The number of carbonyl (C=O) groups excluding carboxylic acids is 1. The van der Waals surface area contributed by atoms with Crippen LogP contribution in [0.1, 0.15) is 15.9 Å². The number of nitrogens with two attached hydrogens (primary N) is 1. The van der Waals surface area contributed by atoms with E-state index >= 15 is 0 Å². The highest BCUT2D eigenvalue weighted by atomic mass is 16.5. The van der Waals surface area contributed by atoms with Crippen molar-refractivity contribution in [2.45, 2.75) is 6.61 Å². The Hall–Kier alpha value is -4.13. The number of para-hydroxylation sites is 1. The molecule has 1 saturated heterocycles. The smallest absolute Gasteiger partial charge is 0.253 e. The number of nitrogens with zero attached hydrogens (tertiary/aromatic N) is 4. The third-order valence-corrected chi connectivity index (χ3v) is 5.82. The first kappa shape index (κ1) is 20.8. The third kappa shape index (κ3) is 4.57. The fourth-order valence-electron chi connectivity index (χ4n) is 3.96. The van der Waals surface area contributed by atoms with E-state index < -0.39 is 0 Å². The molecule has 0 bridgehead atoms. The number of aromatic nitrogens is 2. The maximum absolute atomic E-state index is 13.0. The molecule has 7 nitrogen and oxygen atoms in total. The van der Waals surface area contributed by atoms with Crippen molar-refractivity contribution in [2.24, 2.45) is 0 Å². The maximum Gasteiger partial charge on any atom is 0.253 e. The summed E-state index contributed by atoms with van der Waals surface area (Å²) in [6.07, 6.45) is 0. The Bertz CT molecular complexity index is 1250. The summed E-state index contributed by atoms with van der Waals surface area (Å²) < 4.78 is 5.82. The zero-order valence-electron chi connectivity index (χ0n) is 18.2. The standard InChI is InChI=1S/C26H25N5O2/c27-24-22-8-4-5-9-23(22)28-26(29-24)31-16-14-30(15-17-31)25(32)20-10-12-21(13-11-20)33-18-19-6-2-1-3-7-19/h1-13H,14-18H2,(H2,27,28,29). The third-order valence-electron chi connectivity index (χ3n) is 5.82. The first-order valence-corrected chi connectivity index (χ1v) is 11.0. The lowest BCUT2D eigenvalue weighted by Gasteiger charge is -2.35. The zero-order valence-corrected chi connectivity index (χ0v) is 18.2. The largest absolute Gasteiger partial charge is 0.489 e. The van der Waals surface area contributed by atoms with Gasteiger partial charge in [-0.3, -0.25) is 4.79 Å². The van der Waals surface area contributed by atoms with Crippen molar-refractivity contribution in [3.8, 4) is 5.75 Å². The number of fused-ring (bicyclic) bond motifs is 1. The van der Waals surface area contributed by atoms with Crippen molar-refractivity contribution < 1.29 is 9.53 Å². The molecule has 1 fully saturated rings. The number of rotatable bonds is 5. The van der Waals surface area contributed by atoms with Gasteiger partial charge in [-0.1, -0.05) is 42.5 Å². The van der Waals surface area contributed by atoms with Gasteiger partial charge in [0.2, 0.25) is 5.95 Å². The molecule has 0 radical (unpaired) electrons. The van der Waals surface area contributed by atoms with Gasteiger partial charge in [-0.15, -0.1) is 0 Å². The molecule has 2 heterocycles. The minimum Gasteiger partial charge on any atom is -0.489 e. The number of hydrogen-bond donors (Lipinski definition) is 1. The Morgan fingerprint density at radius 2 is 1.55 bits per heavy atom. The molecule has 166 valence electrons. The summed E-state index contributed by atoms with van der Waals surface area (Å²) in [6.45, 7) is 3.00. The summed E-state index contributed by atoms with van der Waals surface area (Å²) in [4.78, 5) is 26.0. The van der Waals surface area contributed by atoms with E-state index in [0.717, 1.165) is 22.2 Å². The lowest BCUT2D eigenvalue weighted by atomic mass is 10.1. The predicted molar refractivity (Wildman–Crippen MR) is 129 cm³/mol. The molecule has 1 aliphatic rings. The number of ether oxygens (including phenoxy) is 1.